The number of anilines is 1. The number of ether oxygens (including phenoxy) is 2. The van der Waals surface area contributed by atoms with Crippen molar-refractivity contribution >= 4 is 34.4 Å². The van der Waals surface area contributed by atoms with Crippen LogP contribution in [0.25, 0.3) is 0 Å². The molecule has 1 aliphatic rings. The van der Waals surface area contributed by atoms with Gasteiger partial charge in [0.05, 0.1) is 24.9 Å². The van der Waals surface area contributed by atoms with Gasteiger partial charge in [-0.05, 0) is 84.3 Å². The van der Waals surface area contributed by atoms with Crippen molar-refractivity contribution in [3.05, 3.63) is 101 Å². The molecule has 0 spiro atoms. The van der Waals surface area contributed by atoms with Crippen molar-refractivity contribution in [3.63, 3.8) is 0 Å². The van der Waals surface area contributed by atoms with E-state index >= 15 is 0 Å². The van der Waals surface area contributed by atoms with Gasteiger partial charge in [-0.15, -0.1) is 11.3 Å². The summed E-state index contributed by atoms with van der Waals surface area (Å²) in [6.07, 6.45) is 1.82. The van der Waals surface area contributed by atoms with Crippen molar-refractivity contribution < 1.29 is 9.47 Å². The van der Waals surface area contributed by atoms with Crippen LogP contribution >= 0.6 is 23.6 Å². The second-order valence-corrected chi connectivity index (χ2v) is 8.65. The van der Waals surface area contributed by atoms with Gasteiger partial charge in [0.1, 0.15) is 17.2 Å². The van der Waals surface area contributed by atoms with Crippen molar-refractivity contribution in [1.82, 2.24) is 10.3 Å². The minimum Gasteiger partial charge on any atom is -0.497 e. The third-order valence-electron chi connectivity index (χ3n) is 5.34. The van der Waals surface area contributed by atoms with Crippen LogP contribution in [0.5, 0.6) is 17.2 Å². The molecular formula is C25H21N3O2S2. The number of nitrogens with one attached hydrogen (secondary N) is 1. The van der Waals surface area contributed by atoms with E-state index in [1.165, 1.54) is 4.88 Å². The topological polar surface area (TPSA) is 46.6 Å². The number of rotatable bonds is 6. The molecule has 3 heterocycles. The van der Waals surface area contributed by atoms with Crippen LogP contribution < -0.4 is 19.7 Å². The predicted octanol–water partition coefficient (Wildman–Crippen LogP) is 6.12. The van der Waals surface area contributed by atoms with Gasteiger partial charge in [-0.2, -0.15) is 0 Å². The van der Waals surface area contributed by atoms with E-state index in [1.54, 1.807) is 18.4 Å². The number of pyridine rings is 1. The van der Waals surface area contributed by atoms with Crippen molar-refractivity contribution in [2.45, 2.75) is 12.1 Å². The van der Waals surface area contributed by atoms with E-state index in [-0.39, 0.29) is 12.1 Å². The van der Waals surface area contributed by atoms with Gasteiger partial charge in [0.2, 0.25) is 0 Å². The van der Waals surface area contributed by atoms with Crippen molar-refractivity contribution in [2.24, 2.45) is 0 Å². The highest BCUT2D eigenvalue weighted by Crippen LogP contribution is 2.43. The average Bonchev–Trinajstić information content (AvgIpc) is 3.48. The molecule has 5 nitrogen and oxygen atoms in total. The molecule has 4 aromatic rings. The number of hydrogen-bond donors (Lipinski definition) is 1. The summed E-state index contributed by atoms with van der Waals surface area (Å²) < 4.78 is 11.2. The molecule has 160 valence electrons. The number of methoxy groups -OCH3 is 1. The van der Waals surface area contributed by atoms with Crippen LogP contribution in [-0.4, -0.2) is 17.2 Å². The molecule has 0 unspecified atom stereocenters. The summed E-state index contributed by atoms with van der Waals surface area (Å²) >= 11 is 7.48. The summed E-state index contributed by atoms with van der Waals surface area (Å²) in [7, 11) is 1.65. The first-order chi connectivity index (χ1) is 15.7. The minimum atomic E-state index is -0.0300. The molecule has 0 saturated carbocycles. The monoisotopic (exact) mass is 459 g/mol. The quantitative estimate of drug-likeness (QED) is 0.351. The lowest BCUT2D eigenvalue weighted by molar-refractivity contribution is 0.413. The van der Waals surface area contributed by atoms with Gasteiger partial charge >= 0.3 is 0 Å². The molecule has 2 aromatic heterocycles. The summed E-state index contributed by atoms with van der Waals surface area (Å²) in [6.45, 7) is 0. The number of thiophene rings is 1. The van der Waals surface area contributed by atoms with Crippen LogP contribution in [0, 0.1) is 0 Å². The first-order valence-electron chi connectivity index (χ1n) is 10.2. The van der Waals surface area contributed by atoms with E-state index in [4.69, 9.17) is 21.7 Å². The van der Waals surface area contributed by atoms with Gasteiger partial charge in [-0.1, -0.05) is 12.1 Å². The Hall–Kier alpha value is -3.42. The highest BCUT2D eigenvalue weighted by atomic mass is 32.1. The van der Waals surface area contributed by atoms with Crippen LogP contribution in [0.1, 0.15) is 22.7 Å². The lowest BCUT2D eigenvalue weighted by Gasteiger charge is -2.27. The Morgan fingerprint density at radius 3 is 2.25 bits per heavy atom. The maximum Gasteiger partial charge on any atom is 0.174 e. The Bertz CT molecular complexity index is 1180. The fourth-order valence-electron chi connectivity index (χ4n) is 3.84. The molecule has 32 heavy (non-hydrogen) atoms. The smallest absolute Gasteiger partial charge is 0.174 e. The van der Waals surface area contributed by atoms with Gasteiger partial charge in [0.25, 0.3) is 0 Å². The van der Waals surface area contributed by atoms with Crippen LogP contribution in [-0.2, 0) is 0 Å². The number of aromatic nitrogens is 1. The van der Waals surface area contributed by atoms with E-state index in [1.807, 2.05) is 72.9 Å². The Balaban J connectivity index is 1.42. The molecule has 0 aliphatic carbocycles. The zero-order valence-corrected chi connectivity index (χ0v) is 19.0. The Morgan fingerprint density at radius 1 is 0.906 bits per heavy atom. The maximum absolute atomic E-state index is 5.98. The summed E-state index contributed by atoms with van der Waals surface area (Å²) in [5, 5.41) is 6.26. The first kappa shape index (κ1) is 20.5. The lowest BCUT2D eigenvalue weighted by Crippen LogP contribution is -2.28. The van der Waals surface area contributed by atoms with Gasteiger partial charge in [0, 0.05) is 16.8 Å². The Morgan fingerprint density at radius 2 is 1.62 bits per heavy atom. The molecular weight excluding hydrogens is 438 g/mol. The zero-order chi connectivity index (χ0) is 21.9. The molecule has 0 amide bonds. The van der Waals surface area contributed by atoms with Crippen molar-refractivity contribution in [1.29, 1.82) is 0 Å². The second-order valence-electron chi connectivity index (χ2n) is 7.28. The van der Waals surface area contributed by atoms with Crippen molar-refractivity contribution in [2.75, 3.05) is 12.0 Å². The molecule has 1 N–H and O–H groups in total. The summed E-state index contributed by atoms with van der Waals surface area (Å²) in [4.78, 5) is 7.98. The Labute approximate surface area is 196 Å². The SMILES string of the molecule is COc1ccc(Oc2ccc(N3C(=S)N[C@H](c4ccccn4)[C@@H]3c3cccs3)cc2)cc1. The average molecular weight is 460 g/mol. The number of nitrogens with zero attached hydrogens (tertiary/aromatic N) is 2. The van der Waals surface area contributed by atoms with Crippen LogP contribution in [0.3, 0.4) is 0 Å². The first-order valence-corrected chi connectivity index (χ1v) is 11.5. The maximum atomic E-state index is 5.98. The number of thiocarbonyl (C=S) groups is 1. The summed E-state index contributed by atoms with van der Waals surface area (Å²) in [5.74, 6) is 2.30. The standard InChI is InChI=1S/C25H21N3O2S2/c1-29-18-11-13-20(14-12-18)30-19-9-7-17(8-10-19)28-24(22-6-4-16-32-22)23(27-25(28)31)21-5-2-3-15-26-21/h2-16,23-24H,1H3,(H,27,31)/t23-,24+/m1/s1. The lowest BCUT2D eigenvalue weighted by atomic mass is 10.0. The van der Waals surface area contributed by atoms with E-state index in [9.17, 15) is 0 Å². The largest absolute Gasteiger partial charge is 0.497 e. The van der Waals surface area contributed by atoms with Crippen molar-refractivity contribution in [3.8, 4) is 17.2 Å². The van der Waals surface area contributed by atoms with E-state index in [0.717, 1.165) is 28.6 Å². The molecule has 0 radical (unpaired) electrons. The second kappa shape index (κ2) is 8.98. The molecule has 1 aliphatic heterocycles. The van der Waals surface area contributed by atoms with Gasteiger partial charge in [-0.3, -0.25) is 4.98 Å². The van der Waals surface area contributed by atoms with E-state index in [2.05, 4.69) is 32.7 Å². The third-order valence-corrected chi connectivity index (χ3v) is 6.60. The molecule has 1 fully saturated rings. The molecule has 2 atom stereocenters. The fraction of sp³-hybridized carbons (Fsp3) is 0.120. The molecule has 1 saturated heterocycles. The van der Waals surface area contributed by atoms with Crippen LogP contribution in [0.2, 0.25) is 0 Å². The van der Waals surface area contributed by atoms with E-state index < -0.39 is 0 Å². The number of benzene rings is 2. The predicted molar refractivity (Wildman–Crippen MR) is 132 cm³/mol. The normalized spacial score (nSPS) is 17.8. The van der Waals surface area contributed by atoms with Crippen LogP contribution in [0.15, 0.2) is 90.4 Å². The Kier molecular flexibility index (Phi) is 5.75. The number of hydrogen-bond acceptors (Lipinski definition) is 5. The van der Waals surface area contributed by atoms with E-state index in [0.29, 0.717) is 5.11 Å². The zero-order valence-electron chi connectivity index (χ0n) is 17.3. The molecule has 2 aromatic carbocycles. The van der Waals surface area contributed by atoms with Crippen LogP contribution in [0.4, 0.5) is 5.69 Å². The highest BCUT2D eigenvalue weighted by Gasteiger charge is 2.41. The highest BCUT2D eigenvalue weighted by molar-refractivity contribution is 7.80. The minimum absolute atomic E-state index is 0.0192. The molecule has 7 heteroatoms. The van der Waals surface area contributed by atoms with Gasteiger partial charge in [0.15, 0.2) is 5.11 Å². The summed E-state index contributed by atoms with van der Waals surface area (Å²) in [5.41, 5.74) is 1.97. The molecule has 0 bridgehead atoms. The third kappa shape index (κ3) is 4.04. The fourth-order valence-corrected chi connectivity index (χ4v) is 5.03. The van der Waals surface area contributed by atoms with Gasteiger partial charge in [-0.25, -0.2) is 0 Å². The molecule has 5 rings (SSSR count). The van der Waals surface area contributed by atoms with Gasteiger partial charge < -0.3 is 19.7 Å². The summed E-state index contributed by atoms with van der Waals surface area (Å²) in [6, 6.07) is 25.7.